The Balaban J connectivity index is 1.17. The zero-order valence-corrected chi connectivity index (χ0v) is 16.9. The smallest absolute Gasteiger partial charge is 0.223 e. The van der Waals surface area contributed by atoms with Crippen LogP contribution in [0.25, 0.3) is 0 Å². The van der Waals surface area contributed by atoms with Gasteiger partial charge in [0.1, 0.15) is 5.82 Å². The number of anilines is 1. The number of nitrogens with one attached hydrogen (secondary N) is 1. The third-order valence-corrected chi connectivity index (χ3v) is 6.25. The van der Waals surface area contributed by atoms with Gasteiger partial charge in [0, 0.05) is 37.8 Å². The quantitative estimate of drug-likeness (QED) is 0.811. The molecule has 2 aromatic carbocycles. The lowest BCUT2D eigenvalue weighted by Crippen LogP contribution is -2.41. The highest BCUT2D eigenvalue weighted by atomic mass is 19.1. The normalized spacial score (nSPS) is 20.7. The van der Waals surface area contributed by atoms with Crippen molar-refractivity contribution in [2.75, 3.05) is 37.6 Å². The molecule has 154 valence electrons. The molecule has 5 heteroatoms. The molecule has 4 nitrogen and oxygen atoms in total. The highest BCUT2D eigenvalue weighted by Gasteiger charge is 2.27. The average molecular weight is 396 g/mol. The zero-order chi connectivity index (χ0) is 20.1. The maximum atomic E-state index is 13.1. The molecule has 0 radical (unpaired) electrons. The van der Waals surface area contributed by atoms with Gasteiger partial charge in [-0.25, -0.2) is 4.39 Å². The number of hydrogen-bond donors (Lipinski definition) is 1. The molecule has 4 rings (SSSR count). The van der Waals surface area contributed by atoms with E-state index in [0.29, 0.717) is 5.92 Å². The zero-order valence-electron chi connectivity index (χ0n) is 16.9. The Morgan fingerprint density at radius 1 is 0.966 bits per heavy atom. The highest BCUT2D eigenvalue weighted by molar-refractivity contribution is 5.78. The Morgan fingerprint density at radius 2 is 1.69 bits per heavy atom. The van der Waals surface area contributed by atoms with Gasteiger partial charge in [-0.05, 0) is 68.1 Å². The molecule has 0 saturated carbocycles. The van der Waals surface area contributed by atoms with Crippen molar-refractivity contribution in [1.29, 1.82) is 0 Å². The minimum Gasteiger partial charge on any atom is -0.371 e. The number of likely N-dealkylation sites (tertiary alicyclic amines) is 1. The molecule has 2 heterocycles. The molecular formula is C24H30FN3O. The fourth-order valence-corrected chi connectivity index (χ4v) is 4.47. The average Bonchev–Trinajstić information content (AvgIpc) is 3.23. The molecule has 2 aromatic rings. The summed E-state index contributed by atoms with van der Waals surface area (Å²) in [5, 5.41) is 3.20. The fourth-order valence-electron chi connectivity index (χ4n) is 4.47. The van der Waals surface area contributed by atoms with E-state index >= 15 is 0 Å². The molecule has 0 aromatic heterocycles. The predicted molar refractivity (Wildman–Crippen MR) is 114 cm³/mol. The van der Waals surface area contributed by atoms with Crippen molar-refractivity contribution in [2.24, 2.45) is 11.8 Å². The molecular weight excluding hydrogens is 365 g/mol. The number of benzene rings is 2. The third-order valence-electron chi connectivity index (χ3n) is 6.25. The Kier molecular flexibility index (Phi) is 6.45. The molecule has 2 saturated heterocycles. The Morgan fingerprint density at radius 3 is 2.41 bits per heavy atom. The molecule has 0 aliphatic carbocycles. The first-order chi connectivity index (χ1) is 14.2. The molecule has 1 unspecified atom stereocenters. The van der Waals surface area contributed by atoms with Crippen LogP contribution in [0, 0.1) is 17.7 Å². The van der Waals surface area contributed by atoms with Crippen molar-refractivity contribution in [2.45, 2.75) is 25.8 Å². The minimum absolute atomic E-state index is 0.136. The van der Waals surface area contributed by atoms with E-state index in [-0.39, 0.29) is 17.6 Å². The van der Waals surface area contributed by atoms with Crippen LogP contribution in [0.4, 0.5) is 10.1 Å². The maximum Gasteiger partial charge on any atom is 0.223 e. The van der Waals surface area contributed by atoms with Crippen molar-refractivity contribution in [1.82, 2.24) is 10.2 Å². The van der Waals surface area contributed by atoms with Gasteiger partial charge < -0.3 is 10.2 Å². The number of halogens is 1. The van der Waals surface area contributed by atoms with Crippen molar-refractivity contribution in [3.63, 3.8) is 0 Å². The van der Waals surface area contributed by atoms with Crippen LogP contribution < -0.4 is 10.2 Å². The summed E-state index contributed by atoms with van der Waals surface area (Å²) in [6, 6.07) is 17.2. The van der Waals surface area contributed by atoms with Gasteiger partial charge in [0.2, 0.25) is 5.91 Å². The number of piperidine rings is 1. The van der Waals surface area contributed by atoms with Crippen LogP contribution in [0.2, 0.25) is 0 Å². The Bertz CT molecular complexity index is 788. The summed E-state index contributed by atoms with van der Waals surface area (Å²) in [7, 11) is 0. The van der Waals surface area contributed by atoms with Crippen LogP contribution in [0.1, 0.15) is 24.8 Å². The molecule has 2 aliphatic heterocycles. The number of carbonyl (C=O) groups is 1. The van der Waals surface area contributed by atoms with Crippen molar-refractivity contribution < 1.29 is 9.18 Å². The van der Waals surface area contributed by atoms with Crippen LogP contribution >= 0.6 is 0 Å². The van der Waals surface area contributed by atoms with Crippen molar-refractivity contribution >= 4 is 11.6 Å². The summed E-state index contributed by atoms with van der Waals surface area (Å²) >= 11 is 0. The van der Waals surface area contributed by atoms with E-state index < -0.39 is 0 Å². The fraction of sp³-hybridized carbons (Fsp3) is 0.458. The van der Waals surface area contributed by atoms with Crippen LogP contribution in [-0.4, -0.2) is 43.5 Å². The Labute approximate surface area is 172 Å². The van der Waals surface area contributed by atoms with Gasteiger partial charge in [-0.2, -0.15) is 0 Å². The summed E-state index contributed by atoms with van der Waals surface area (Å²) in [5.41, 5.74) is 2.40. The van der Waals surface area contributed by atoms with Crippen molar-refractivity contribution in [3.8, 4) is 0 Å². The topological polar surface area (TPSA) is 35.6 Å². The standard InChI is InChI=1S/C24H30FN3O/c25-22-6-8-23(9-7-22)28-15-10-20(18-28)16-26-24(29)21-11-13-27(14-12-21)17-19-4-2-1-3-5-19/h1-9,20-21H,10-18H2,(H,26,29). The molecule has 2 aliphatic rings. The maximum absolute atomic E-state index is 13.1. The number of amides is 1. The van der Waals surface area contributed by atoms with E-state index in [1.54, 1.807) is 0 Å². The summed E-state index contributed by atoms with van der Waals surface area (Å²) in [4.78, 5) is 17.3. The van der Waals surface area contributed by atoms with E-state index in [1.165, 1.54) is 17.7 Å². The predicted octanol–water partition coefficient (Wildman–Crippen LogP) is 3.68. The van der Waals surface area contributed by atoms with Gasteiger partial charge in [0.15, 0.2) is 0 Å². The van der Waals surface area contributed by atoms with Crippen LogP contribution in [-0.2, 0) is 11.3 Å². The second-order valence-corrected chi connectivity index (χ2v) is 8.36. The lowest BCUT2D eigenvalue weighted by Gasteiger charge is -2.31. The number of nitrogens with zero attached hydrogens (tertiary/aromatic N) is 2. The van der Waals surface area contributed by atoms with Gasteiger partial charge in [-0.15, -0.1) is 0 Å². The van der Waals surface area contributed by atoms with Crippen LogP contribution in [0.15, 0.2) is 54.6 Å². The second kappa shape index (κ2) is 9.40. The number of rotatable bonds is 6. The van der Waals surface area contributed by atoms with Crippen LogP contribution in [0.3, 0.4) is 0 Å². The summed E-state index contributed by atoms with van der Waals surface area (Å²) < 4.78 is 13.1. The highest BCUT2D eigenvalue weighted by Crippen LogP contribution is 2.24. The lowest BCUT2D eigenvalue weighted by molar-refractivity contribution is -0.126. The van der Waals surface area contributed by atoms with Gasteiger partial charge in [0.25, 0.3) is 0 Å². The molecule has 0 spiro atoms. The molecule has 1 atom stereocenters. The monoisotopic (exact) mass is 395 g/mol. The molecule has 1 N–H and O–H groups in total. The summed E-state index contributed by atoms with van der Waals surface area (Å²) in [6.07, 6.45) is 2.93. The largest absolute Gasteiger partial charge is 0.371 e. The summed E-state index contributed by atoms with van der Waals surface area (Å²) in [5.74, 6) is 0.606. The minimum atomic E-state index is -0.202. The first-order valence-corrected chi connectivity index (χ1v) is 10.7. The lowest BCUT2D eigenvalue weighted by atomic mass is 9.95. The van der Waals surface area contributed by atoms with Gasteiger partial charge in [-0.1, -0.05) is 30.3 Å². The SMILES string of the molecule is O=C(NCC1CCN(c2ccc(F)cc2)C1)C1CCN(Cc2ccccc2)CC1. The first-order valence-electron chi connectivity index (χ1n) is 10.7. The van der Waals surface area contributed by atoms with E-state index in [2.05, 4.69) is 39.4 Å². The molecule has 29 heavy (non-hydrogen) atoms. The molecule has 1 amide bonds. The Hall–Kier alpha value is -2.40. The van der Waals surface area contributed by atoms with Crippen molar-refractivity contribution in [3.05, 3.63) is 66.0 Å². The third kappa shape index (κ3) is 5.36. The number of hydrogen-bond acceptors (Lipinski definition) is 3. The van der Waals surface area contributed by atoms with Gasteiger partial charge in [-0.3, -0.25) is 9.69 Å². The number of carbonyl (C=O) groups excluding carboxylic acids is 1. The van der Waals surface area contributed by atoms with Gasteiger partial charge in [0.05, 0.1) is 0 Å². The van der Waals surface area contributed by atoms with E-state index in [1.807, 2.05) is 18.2 Å². The summed E-state index contributed by atoms with van der Waals surface area (Å²) in [6.45, 7) is 5.55. The first kappa shape index (κ1) is 19.9. The van der Waals surface area contributed by atoms with Crippen LogP contribution in [0.5, 0.6) is 0 Å². The van der Waals surface area contributed by atoms with E-state index in [4.69, 9.17) is 0 Å². The second-order valence-electron chi connectivity index (χ2n) is 8.36. The van der Waals surface area contributed by atoms with Gasteiger partial charge >= 0.3 is 0 Å². The molecule has 2 fully saturated rings. The van der Waals surface area contributed by atoms with E-state index in [9.17, 15) is 9.18 Å². The molecule has 0 bridgehead atoms. The van der Waals surface area contributed by atoms with E-state index in [0.717, 1.165) is 64.2 Å².